The number of esters is 1. The van der Waals surface area contributed by atoms with Crippen molar-refractivity contribution in [3.63, 3.8) is 0 Å². The molecule has 0 unspecified atom stereocenters. The maximum atomic E-state index is 12.7. The van der Waals surface area contributed by atoms with Gasteiger partial charge in [0.1, 0.15) is 23.1 Å². The first-order valence-corrected chi connectivity index (χ1v) is 6.11. The second-order valence-electron chi connectivity index (χ2n) is 3.55. The van der Waals surface area contributed by atoms with Gasteiger partial charge in [-0.3, -0.25) is 0 Å². The number of benzene rings is 1. The zero-order chi connectivity index (χ0) is 13.0. The summed E-state index contributed by atoms with van der Waals surface area (Å²) in [5.41, 5.74) is 0.863. The van der Waals surface area contributed by atoms with E-state index in [0.717, 1.165) is 5.56 Å². The zero-order valence-electron chi connectivity index (χ0n) is 9.68. The molecule has 0 aliphatic carbocycles. The summed E-state index contributed by atoms with van der Waals surface area (Å²) in [6.07, 6.45) is 0. The van der Waals surface area contributed by atoms with Crippen LogP contribution in [0.1, 0.15) is 15.2 Å². The summed E-state index contributed by atoms with van der Waals surface area (Å²) in [4.78, 5) is 11.7. The molecule has 0 fully saturated rings. The van der Waals surface area contributed by atoms with Gasteiger partial charge in [0.05, 0.1) is 7.11 Å². The Morgan fingerprint density at radius 3 is 2.72 bits per heavy atom. The molecule has 0 aliphatic heterocycles. The fraction of sp³-hybridized carbons (Fsp3) is 0.154. The number of halogens is 1. The third-order valence-corrected chi connectivity index (χ3v) is 3.17. The van der Waals surface area contributed by atoms with Crippen molar-refractivity contribution in [1.82, 2.24) is 0 Å². The smallest absolute Gasteiger partial charge is 0.348 e. The van der Waals surface area contributed by atoms with E-state index >= 15 is 0 Å². The number of rotatable bonds is 4. The van der Waals surface area contributed by atoms with E-state index < -0.39 is 0 Å². The van der Waals surface area contributed by atoms with E-state index in [4.69, 9.17) is 4.74 Å². The molecule has 18 heavy (non-hydrogen) atoms. The number of thiophene rings is 1. The number of hydrogen-bond acceptors (Lipinski definition) is 4. The standard InChI is InChI=1S/C13H11FO3S/c1-16-13(15)12-6-11(8-18-12)17-7-9-2-4-10(14)5-3-9/h2-6,8H,7H2,1H3. The molecule has 3 nitrogen and oxygen atoms in total. The first-order valence-electron chi connectivity index (χ1n) is 5.23. The van der Waals surface area contributed by atoms with Crippen molar-refractivity contribution < 1.29 is 18.7 Å². The van der Waals surface area contributed by atoms with E-state index in [0.29, 0.717) is 17.2 Å². The Morgan fingerprint density at radius 1 is 1.33 bits per heavy atom. The van der Waals surface area contributed by atoms with Gasteiger partial charge in [-0.25, -0.2) is 9.18 Å². The van der Waals surface area contributed by atoms with Crippen LogP contribution >= 0.6 is 11.3 Å². The highest BCUT2D eigenvalue weighted by atomic mass is 32.1. The van der Waals surface area contributed by atoms with Crippen LogP contribution < -0.4 is 4.74 Å². The van der Waals surface area contributed by atoms with Gasteiger partial charge in [-0.05, 0) is 17.7 Å². The summed E-state index contributed by atoms with van der Waals surface area (Å²) >= 11 is 1.26. The van der Waals surface area contributed by atoms with Gasteiger partial charge in [-0.1, -0.05) is 12.1 Å². The largest absolute Gasteiger partial charge is 0.488 e. The van der Waals surface area contributed by atoms with Gasteiger partial charge in [-0.2, -0.15) is 0 Å². The van der Waals surface area contributed by atoms with E-state index in [1.807, 2.05) is 0 Å². The van der Waals surface area contributed by atoms with Gasteiger partial charge in [0, 0.05) is 11.4 Å². The van der Waals surface area contributed by atoms with Crippen LogP contribution in [0.25, 0.3) is 0 Å². The highest BCUT2D eigenvalue weighted by Gasteiger charge is 2.09. The normalized spacial score (nSPS) is 10.1. The highest BCUT2D eigenvalue weighted by Crippen LogP contribution is 2.23. The predicted octanol–water partition coefficient (Wildman–Crippen LogP) is 3.25. The summed E-state index contributed by atoms with van der Waals surface area (Å²) in [5, 5.41) is 1.73. The number of carbonyl (C=O) groups is 1. The van der Waals surface area contributed by atoms with Gasteiger partial charge in [-0.15, -0.1) is 11.3 Å². The van der Waals surface area contributed by atoms with Crippen LogP contribution in [0, 0.1) is 5.82 Å². The number of ether oxygens (including phenoxy) is 2. The summed E-state index contributed by atoms with van der Waals surface area (Å²) in [6.45, 7) is 0.331. The quantitative estimate of drug-likeness (QED) is 0.797. The van der Waals surface area contributed by atoms with E-state index in [-0.39, 0.29) is 11.8 Å². The highest BCUT2D eigenvalue weighted by molar-refractivity contribution is 7.12. The van der Waals surface area contributed by atoms with Crippen LogP contribution in [0.5, 0.6) is 5.75 Å². The third-order valence-electron chi connectivity index (χ3n) is 2.28. The molecular formula is C13H11FO3S. The van der Waals surface area contributed by atoms with Crippen molar-refractivity contribution in [3.8, 4) is 5.75 Å². The molecule has 0 N–H and O–H groups in total. The van der Waals surface area contributed by atoms with Gasteiger partial charge >= 0.3 is 5.97 Å². The molecule has 1 aromatic heterocycles. The van der Waals surface area contributed by atoms with E-state index in [9.17, 15) is 9.18 Å². The van der Waals surface area contributed by atoms with Crippen LogP contribution in [0.3, 0.4) is 0 Å². The monoisotopic (exact) mass is 266 g/mol. The molecule has 94 valence electrons. The first-order chi connectivity index (χ1) is 8.69. The van der Waals surface area contributed by atoms with E-state index in [1.165, 1.54) is 30.6 Å². The number of hydrogen-bond donors (Lipinski definition) is 0. The molecule has 0 bridgehead atoms. The summed E-state index contributed by atoms with van der Waals surface area (Å²) in [6, 6.07) is 7.70. The second kappa shape index (κ2) is 5.64. The maximum absolute atomic E-state index is 12.7. The maximum Gasteiger partial charge on any atom is 0.348 e. The van der Waals surface area contributed by atoms with Gasteiger partial charge in [0.25, 0.3) is 0 Å². The lowest BCUT2D eigenvalue weighted by Gasteiger charge is -2.03. The average molecular weight is 266 g/mol. The molecule has 0 saturated heterocycles. The molecule has 0 saturated carbocycles. The van der Waals surface area contributed by atoms with Crippen molar-refractivity contribution in [2.75, 3.05) is 7.11 Å². The SMILES string of the molecule is COC(=O)c1cc(OCc2ccc(F)cc2)cs1. The van der Waals surface area contributed by atoms with Gasteiger partial charge in [0.15, 0.2) is 0 Å². The Balaban J connectivity index is 1.96. The minimum atomic E-state index is -0.378. The van der Waals surface area contributed by atoms with Gasteiger partial charge < -0.3 is 9.47 Å². The van der Waals surface area contributed by atoms with Crippen LogP contribution in [-0.4, -0.2) is 13.1 Å². The minimum Gasteiger partial charge on any atom is -0.488 e. The molecule has 2 rings (SSSR count). The lowest BCUT2D eigenvalue weighted by atomic mass is 10.2. The van der Waals surface area contributed by atoms with Gasteiger partial charge in [0.2, 0.25) is 0 Å². The molecule has 1 aromatic carbocycles. The molecular weight excluding hydrogens is 255 g/mol. The summed E-state index contributed by atoms with van der Waals surface area (Å²) in [7, 11) is 1.33. The third kappa shape index (κ3) is 3.07. The van der Waals surface area contributed by atoms with Crippen molar-refractivity contribution in [2.24, 2.45) is 0 Å². The molecule has 1 heterocycles. The number of methoxy groups -OCH3 is 1. The van der Waals surface area contributed by atoms with Crippen molar-refractivity contribution in [2.45, 2.75) is 6.61 Å². The van der Waals surface area contributed by atoms with E-state index in [2.05, 4.69) is 4.74 Å². The minimum absolute atomic E-state index is 0.276. The first kappa shape index (κ1) is 12.6. The van der Waals surface area contributed by atoms with Crippen molar-refractivity contribution in [1.29, 1.82) is 0 Å². The van der Waals surface area contributed by atoms with Crippen molar-refractivity contribution >= 4 is 17.3 Å². The number of carbonyl (C=O) groups excluding carboxylic acids is 1. The Bertz CT molecular complexity index is 533. The molecule has 0 atom stereocenters. The molecule has 0 aliphatic rings. The summed E-state index contributed by atoms with van der Waals surface area (Å²) in [5.74, 6) is -0.0522. The Hall–Kier alpha value is -1.88. The average Bonchev–Trinajstić information content (AvgIpc) is 2.86. The predicted molar refractivity (Wildman–Crippen MR) is 66.4 cm³/mol. The Kier molecular flexibility index (Phi) is 3.94. The van der Waals surface area contributed by atoms with Crippen molar-refractivity contribution in [3.05, 3.63) is 52.0 Å². The fourth-order valence-corrected chi connectivity index (χ4v) is 2.09. The molecule has 5 heteroatoms. The van der Waals surface area contributed by atoms with Crippen LogP contribution in [0.4, 0.5) is 4.39 Å². The Labute approximate surface area is 108 Å². The van der Waals surface area contributed by atoms with Crippen LogP contribution in [0.2, 0.25) is 0 Å². The van der Waals surface area contributed by atoms with E-state index in [1.54, 1.807) is 23.6 Å². The molecule has 0 amide bonds. The zero-order valence-corrected chi connectivity index (χ0v) is 10.5. The van der Waals surface area contributed by atoms with Crippen LogP contribution in [-0.2, 0) is 11.3 Å². The topological polar surface area (TPSA) is 35.5 Å². The molecule has 0 radical (unpaired) electrons. The fourth-order valence-electron chi connectivity index (χ4n) is 1.35. The molecule has 2 aromatic rings. The second-order valence-corrected chi connectivity index (χ2v) is 4.46. The molecule has 0 spiro atoms. The lowest BCUT2D eigenvalue weighted by Crippen LogP contribution is -1.97. The lowest BCUT2D eigenvalue weighted by molar-refractivity contribution is 0.0606. The summed E-state index contributed by atoms with van der Waals surface area (Å²) < 4.78 is 22.8. The van der Waals surface area contributed by atoms with Crippen LogP contribution in [0.15, 0.2) is 35.7 Å². The Morgan fingerprint density at radius 2 is 2.06 bits per heavy atom.